The van der Waals surface area contributed by atoms with Crippen molar-refractivity contribution in [3.8, 4) is 22.6 Å². The van der Waals surface area contributed by atoms with Crippen LogP contribution in [0.3, 0.4) is 0 Å². The van der Waals surface area contributed by atoms with Crippen molar-refractivity contribution in [3.05, 3.63) is 75.1 Å². The van der Waals surface area contributed by atoms with E-state index in [0.717, 1.165) is 22.8 Å². The largest absolute Gasteiger partial charge is 0.508 e. The molecule has 6 nitrogen and oxygen atoms in total. The fourth-order valence-electron chi connectivity index (χ4n) is 3.13. The Hall–Kier alpha value is -3.68. The molecule has 0 aliphatic heterocycles. The summed E-state index contributed by atoms with van der Waals surface area (Å²) in [6.07, 6.45) is 0. The lowest BCUT2D eigenvalue weighted by atomic mass is 10.0. The van der Waals surface area contributed by atoms with Gasteiger partial charge in [0.05, 0.1) is 11.3 Å². The maximum Gasteiger partial charge on any atom is 0.264 e. The first-order chi connectivity index (χ1) is 13.1. The third-order valence-electron chi connectivity index (χ3n) is 4.51. The quantitative estimate of drug-likeness (QED) is 0.644. The number of carbonyl (C=O) groups excluding carboxylic acids is 1. The molecule has 3 rings (SSSR count). The average Bonchev–Trinajstić information content (AvgIpc) is 2.60. The van der Waals surface area contributed by atoms with E-state index >= 15 is 0 Å². The number of phenolic OH excluding ortho intramolecular Hbond substituents is 1. The minimum atomic E-state index is -0.917. The highest BCUT2D eigenvalue weighted by molar-refractivity contribution is 5.98. The van der Waals surface area contributed by atoms with E-state index < -0.39 is 23.1 Å². The topological polar surface area (TPSA) is 111 Å². The summed E-state index contributed by atoms with van der Waals surface area (Å²) in [6.45, 7) is 3.26. The van der Waals surface area contributed by atoms with Gasteiger partial charge in [-0.05, 0) is 49.2 Å². The van der Waals surface area contributed by atoms with E-state index in [9.17, 15) is 23.5 Å². The minimum absolute atomic E-state index is 0.0748. The number of aryl methyl sites for hydroxylation is 1. The van der Waals surface area contributed by atoms with Crippen molar-refractivity contribution in [2.75, 3.05) is 5.73 Å². The van der Waals surface area contributed by atoms with Crippen LogP contribution in [-0.2, 0) is 0 Å². The van der Waals surface area contributed by atoms with Gasteiger partial charge in [0, 0.05) is 17.2 Å². The second kappa shape index (κ2) is 6.80. The van der Waals surface area contributed by atoms with Crippen molar-refractivity contribution >= 4 is 11.7 Å². The van der Waals surface area contributed by atoms with Gasteiger partial charge in [-0.15, -0.1) is 0 Å². The number of anilines is 1. The monoisotopic (exact) mass is 385 g/mol. The highest BCUT2D eigenvalue weighted by Crippen LogP contribution is 2.30. The number of amides is 1. The molecule has 0 fully saturated rings. The van der Waals surface area contributed by atoms with Crippen molar-refractivity contribution in [1.29, 1.82) is 0 Å². The van der Waals surface area contributed by atoms with Crippen LogP contribution in [0, 0.1) is 25.5 Å². The number of phenols is 1. The molecule has 144 valence electrons. The Morgan fingerprint density at radius 1 is 1.07 bits per heavy atom. The fraction of sp³-hybridized carbons (Fsp3) is 0.100. The van der Waals surface area contributed by atoms with Crippen LogP contribution in [0.2, 0.25) is 0 Å². The molecule has 1 aromatic heterocycles. The Bertz CT molecular complexity index is 1170. The number of nitrogens with two attached hydrogens (primary N) is 2. The highest BCUT2D eigenvalue weighted by atomic mass is 19.1. The van der Waals surface area contributed by atoms with Gasteiger partial charge in [-0.25, -0.2) is 8.78 Å². The summed E-state index contributed by atoms with van der Waals surface area (Å²) < 4.78 is 28.4. The van der Waals surface area contributed by atoms with E-state index in [-0.39, 0.29) is 33.9 Å². The standard InChI is InChI=1S/C20H17F2N3O3/c1-9-3-4-16(26)10(2)17(9)25-18(23)15(19(24)27)8-14(20(25)28)11-5-12(21)7-13(22)6-11/h3-8,26H,23H2,1-2H3,(H2,24,27). The second-order valence-corrected chi connectivity index (χ2v) is 6.40. The third-order valence-corrected chi connectivity index (χ3v) is 4.51. The molecule has 0 radical (unpaired) electrons. The van der Waals surface area contributed by atoms with E-state index in [1.807, 2.05) is 0 Å². The lowest BCUT2D eigenvalue weighted by molar-refractivity contribution is 0.100. The molecule has 0 atom stereocenters. The number of aromatic nitrogens is 1. The number of carbonyl (C=O) groups is 1. The lowest BCUT2D eigenvalue weighted by Crippen LogP contribution is -2.28. The molecule has 2 aromatic carbocycles. The van der Waals surface area contributed by atoms with Crippen molar-refractivity contribution in [1.82, 2.24) is 4.57 Å². The van der Waals surface area contributed by atoms with Crippen molar-refractivity contribution in [3.63, 3.8) is 0 Å². The zero-order valence-corrected chi connectivity index (χ0v) is 15.1. The summed E-state index contributed by atoms with van der Waals surface area (Å²) in [7, 11) is 0. The zero-order valence-electron chi connectivity index (χ0n) is 15.1. The molecule has 8 heteroatoms. The number of nitrogens with zero attached hydrogens (tertiary/aromatic N) is 1. The molecule has 0 aliphatic rings. The van der Waals surface area contributed by atoms with Gasteiger partial charge >= 0.3 is 0 Å². The maximum atomic E-state index is 13.7. The number of rotatable bonds is 3. The molecule has 28 heavy (non-hydrogen) atoms. The predicted molar refractivity (Wildman–Crippen MR) is 101 cm³/mol. The van der Waals surface area contributed by atoms with Crippen LogP contribution >= 0.6 is 0 Å². The van der Waals surface area contributed by atoms with E-state index in [1.165, 1.54) is 6.07 Å². The second-order valence-electron chi connectivity index (χ2n) is 6.40. The fourth-order valence-corrected chi connectivity index (χ4v) is 3.13. The first kappa shape index (κ1) is 19.1. The normalized spacial score (nSPS) is 10.9. The summed E-state index contributed by atoms with van der Waals surface area (Å²) in [5, 5.41) is 10.1. The van der Waals surface area contributed by atoms with Gasteiger partial charge in [-0.2, -0.15) is 0 Å². The Kier molecular flexibility index (Phi) is 4.64. The lowest BCUT2D eigenvalue weighted by Gasteiger charge is -2.19. The van der Waals surface area contributed by atoms with Crippen LogP contribution in [0.15, 0.2) is 41.2 Å². The molecule has 0 spiro atoms. The van der Waals surface area contributed by atoms with Gasteiger partial charge in [0.15, 0.2) is 0 Å². The van der Waals surface area contributed by atoms with E-state index in [1.54, 1.807) is 19.9 Å². The summed E-state index contributed by atoms with van der Waals surface area (Å²) in [4.78, 5) is 25.1. The van der Waals surface area contributed by atoms with Crippen molar-refractivity contribution < 1.29 is 18.7 Å². The third kappa shape index (κ3) is 3.09. The number of nitrogen functional groups attached to an aromatic ring is 1. The number of primary amides is 1. The molecular formula is C20H17F2N3O3. The maximum absolute atomic E-state index is 13.7. The van der Waals surface area contributed by atoms with Gasteiger partial charge < -0.3 is 16.6 Å². The Morgan fingerprint density at radius 2 is 1.68 bits per heavy atom. The van der Waals surface area contributed by atoms with E-state index in [0.29, 0.717) is 17.2 Å². The summed E-state index contributed by atoms with van der Waals surface area (Å²) in [5.74, 6) is -3.02. The molecule has 0 aliphatic carbocycles. The minimum Gasteiger partial charge on any atom is -0.508 e. The van der Waals surface area contributed by atoms with Gasteiger partial charge in [-0.1, -0.05) is 6.07 Å². The first-order valence-electron chi connectivity index (χ1n) is 8.23. The van der Waals surface area contributed by atoms with Gasteiger partial charge in [0.1, 0.15) is 23.2 Å². The smallest absolute Gasteiger partial charge is 0.264 e. The number of aromatic hydroxyl groups is 1. The highest BCUT2D eigenvalue weighted by Gasteiger charge is 2.22. The Morgan fingerprint density at radius 3 is 2.25 bits per heavy atom. The summed E-state index contributed by atoms with van der Waals surface area (Å²) in [5.41, 5.74) is 11.5. The summed E-state index contributed by atoms with van der Waals surface area (Å²) in [6, 6.07) is 6.73. The number of benzene rings is 2. The average molecular weight is 385 g/mol. The van der Waals surface area contributed by atoms with Crippen LogP contribution in [0.4, 0.5) is 14.6 Å². The van der Waals surface area contributed by atoms with E-state index in [2.05, 4.69) is 0 Å². The Balaban J connectivity index is 2.49. The predicted octanol–water partition coefficient (Wildman–Crippen LogP) is 2.79. The van der Waals surface area contributed by atoms with Gasteiger partial charge in [0.2, 0.25) is 0 Å². The van der Waals surface area contributed by atoms with Crippen molar-refractivity contribution in [2.24, 2.45) is 5.73 Å². The SMILES string of the molecule is Cc1ccc(O)c(C)c1-n1c(N)c(C(N)=O)cc(-c2cc(F)cc(F)c2)c1=O. The number of hydrogen-bond acceptors (Lipinski definition) is 4. The van der Waals surface area contributed by atoms with Gasteiger partial charge in [-0.3, -0.25) is 14.2 Å². The molecule has 5 N–H and O–H groups in total. The molecular weight excluding hydrogens is 368 g/mol. The van der Waals surface area contributed by atoms with Crippen LogP contribution in [0.1, 0.15) is 21.5 Å². The molecule has 0 unspecified atom stereocenters. The van der Waals surface area contributed by atoms with Gasteiger partial charge in [0.25, 0.3) is 11.5 Å². The Labute approximate surface area is 158 Å². The summed E-state index contributed by atoms with van der Waals surface area (Å²) >= 11 is 0. The number of pyridine rings is 1. The molecule has 3 aromatic rings. The zero-order chi connectivity index (χ0) is 20.7. The molecule has 1 heterocycles. The van der Waals surface area contributed by atoms with Crippen LogP contribution in [-0.4, -0.2) is 15.6 Å². The van der Waals surface area contributed by atoms with Crippen molar-refractivity contribution in [2.45, 2.75) is 13.8 Å². The molecule has 0 bridgehead atoms. The number of hydrogen-bond donors (Lipinski definition) is 3. The molecule has 0 saturated heterocycles. The number of halogens is 2. The van der Waals surface area contributed by atoms with Crippen LogP contribution in [0.5, 0.6) is 5.75 Å². The van der Waals surface area contributed by atoms with Crippen LogP contribution in [0.25, 0.3) is 16.8 Å². The van der Waals surface area contributed by atoms with Crippen LogP contribution < -0.4 is 17.0 Å². The molecule has 0 saturated carbocycles. The molecule has 1 amide bonds. The van der Waals surface area contributed by atoms with E-state index in [4.69, 9.17) is 11.5 Å². The first-order valence-corrected chi connectivity index (χ1v) is 8.23.